The fourth-order valence-corrected chi connectivity index (χ4v) is 4.32. The lowest BCUT2D eigenvalue weighted by atomic mass is 10.1. The van der Waals surface area contributed by atoms with E-state index in [0.717, 1.165) is 61.9 Å². The van der Waals surface area contributed by atoms with Gasteiger partial charge in [-0.3, -0.25) is 5.32 Å². The Morgan fingerprint density at radius 2 is 2.19 bits per heavy atom. The zero-order chi connectivity index (χ0) is 21.6. The van der Waals surface area contributed by atoms with Gasteiger partial charge in [0.25, 0.3) is 0 Å². The van der Waals surface area contributed by atoms with E-state index in [9.17, 15) is 4.79 Å². The molecule has 0 saturated carbocycles. The first kappa shape index (κ1) is 21.5. The van der Waals surface area contributed by atoms with Gasteiger partial charge in [0.2, 0.25) is 0 Å². The largest absolute Gasteiger partial charge is 0.464 e. The maximum absolute atomic E-state index is 11.3. The van der Waals surface area contributed by atoms with Crippen LogP contribution in [0, 0.1) is 6.92 Å². The lowest BCUT2D eigenvalue weighted by molar-refractivity contribution is 0.237. The Balaban J connectivity index is 1.34. The van der Waals surface area contributed by atoms with Gasteiger partial charge in [-0.2, -0.15) is 0 Å². The highest BCUT2D eigenvalue weighted by molar-refractivity contribution is 5.73. The third kappa shape index (κ3) is 5.48. The highest BCUT2D eigenvalue weighted by Gasteiger charge is 2.32. The first-order valence-corrected chi connectivity index (χ1v) is 11.1. The molecule has 0 spiro atoms. The summed E-state index contributed by atoms with van der Waals surface area (Å²) in [5.74, 6) is 2.77. The standard InChI is InChI=1S/C22H33N7O2/c1-16-7-8-18(31-16)15-29-19-6-3-10-24-20(19)27-21(29)26-17-5-4-12-28(13-9-17)14-11-25-22(30)23-2/h3,6-8,10,17,21,26H,4-5,9,11-15H2,1-2H3,(H,24,27)(H2,23,25,30). The van der Waals surface area contributed by atoms with Crippen molar-refractivity contribution in [3.8, 4) is 0 Å². The molecule has 0 radical (unpaired) electrons. The minimum atomic E-state index is -0.123. The summed E-state index contributed by atoms with van der Waals surface area (Å²) in [5.41, 5.74) is 1.09. The molecule has 2 aliphatic rings. The third-order valence-electron chi connectivity index (χ3n) is 5.96. The van der Waals surface area contributed by atoms with Crippen molar-refractivity contribution in [2.75, 3.05) is 43.4 Å². The monoisotopic (exact) mass is 427 g/mol. The van der Waals surface area contributed by atoms with Crippen molar-refractivity contribution in [3.63, 3.8) is 0 Å². The minimum absolute atomic E-state index is 0.0261. The average molecular weight is 428 g/mol. The van der Waals surface area contributed by atoms with Crippen molar-refractivity contribution >= 4 is 17.5 Å². The molecule has 1 fully saturated rings. The highest BCUT2D eigenvalue weighted by Crippen LogP contribution is 2.33. The molecule has 4 heterocycles. The highest BCUT2D eigenvalue weighted by atomic mass is 16.3. The number of hydrogen-bond donors (Lipinski definition) is 4. The molecule has 4 N–H and O–H groups in total. The van der Waals surface area contributed by atoms with Crippen molar-refractivity contribution in [1.82, 2.24) is 25.8 Å². The Labute approximate surface area is 183 Å². The van der Waals surface area contributed by atoms with E-state index in [1.54, 1.807) is 7.05 Å². The Kier molecular flexibility index (Phi) is 6.93. The van der Waals surface area contributed by atoms with Gasteiger partial charge in [-0.25, -0.2) is 9.78 Å². The second-order valence-corrected chi connectivity index (χ2v) is 8.20. The number of nitrogens with one attached hydrogen (secondary N) is 4. The summed E-state index contributed by atoms with van der Waals surface area (Å²) in [6.45, 7) is 6.27. The van der Waals surface area contributed by atoms with Crippen LogP contribution in [0.25, 0.3) is 0 Å². The number of likely N-dealkylation sites (tertiary alicyclic amines) is 1. The molecule has 168 valence electrons. The van der Waals surface area contributed by atoms with Crippen molar-refractivity contribution in [2.24, 2.45) is 0 Å². The number of fused-ring (bicyclic) bond motifs is 1. The van der Waals surface area contributed by atoms with Crippen LogP contribution < -0.4 is 26.2 Å². The number of aryl methyl sites for hydroxylation is 1. The smallest absolute Gasteiger partial charge is 0.314 e. The molecule has 1 saturated heterocycles. The number of amides is 2. The summed E-state index contributed by atoms with van der Waals surface area (Å²) in [5, 5.41) is 12.8. The molecule has 2 aromatic rings. The second-order valence-electron chi connectivity index (χ2n) is 8.20. The van der Waals surface area contributed by atoms with Gasteiger partial charge in [-0.1, -0.05) is 0 Å². The van der Waals surface area contributed by atoms with E-state index >= 15 is 0 Å². The molecular weight excluding hydrogens is 394 g/mol. The predicted octanol–water partition coefficient (Wildman–Crippen LogP) is 2.07. The molecule has 9 heteroatoms. The second kappa shape index (κ2) is 10.0. The van der Waals surface area contributed by atoms with Crippen molar-refractivity contribution in [1.29, 1.82) is 0 Å². The van der Waals surface area contributed by atoms with E-state index in [4.69, 9.17) is 4.42 Å². The van der Waals surface area contributed by atoms with Gasteiger partial charge in [0.15, 0.2) is 12.1 Å². The summed E-state index contributed by atoms with van der Waals surface area (Å²) < 4.78 is 5.84. The summed E-state index contributed by atoms with van der Waals surface area (Å²) in [4.78, 5) is 20.6. The normalized spacial score (nSPS) is 21.3. The van der Waals surface area contributed by atoms with Crippen LogP contribution in [0.1, 0.15) is 30.8 Å². The maximum atomic E-state index is 11.3. The van der Waals surface area contributed by atoms with Gasteiger partial charge < -0.3 is 30.2 Å². The topological polar surface area (TPSA) is 97.7 Å². The molecule has 0 aromatic carbocycles. The molecule has 9 nitrogen and oxygen atoms in total. The summed E-state index contributed by atoms with van der Waals surface area (Å²) >= 11 is 0. The number of rotatable bonds is 7. The van der Waals surface area contributed by atoms with Gasteiger partial charge in [0, 0.05) is 32.4 Å². The molecule has 0 aliphatic carbocycles. The lowest BCUT2D eigenvalue weighted by Crippen LogP contribution is -2.51. The Hall–Kier alpha value is -2.78. The molecule has 0 bridgehead atoms. The maximum Gasteiger partial charge on any atom is 0.314 e. The number of furan rings is 1. The first-order chi connectivity index (χ1) is 15.1. The summed E-state index contributed by atoms with van der Waals surface area (Å²) in [6.07, 6.45) is 5.11. The van der Waals surface area contributed by atoms with Crippen LogP contribution in [0.15, 0.2) is 34.9 Å². The van der Waals surface area contributed by atoms with Gasteiger partial charge in [0.1, 0.15) is 11.5 Å². The van der Waals surface area contributed by atoms with Crippen LogP contribution in [0.5, 0.6) is 0 Å². The Morgan fingerprint density at radius 3 is 3.00 bits per heavy atom. The van der Waals surface area contributed by atoms with Crippen LogP contribution in [-0.2, 0) is 6.54 Å². The zero-order valence-electron chi connectivity index (χ0n) is 18.4. The van der Waals surface area contributed by atoms with Crippen molar-refractivity contribution in [2.45, 2.75) is 45.1 Å². The zero-order valence-corrected chi connectivity index (χ0v) is 18.4. The van der Waals surface area contributed by atoms with Gasteiger partial charge in [-0.15, -0.1) is 0 Å². The quantitative estimate of drug-likeness (QED) is 0.537. The van der Waals surface area contributed by atoms with Crippen LogP contribution in [0.4, 0.5) is 16.3 Å². The molecular formula is C22H33N7O2. The van der Waals surface area contributed by atoms with Crippen LogP contribution in [-0.4, -0.2) is 61.5 Å². The molecule has 2 amide bonds. The van der Waals surface area contributed by atoms with Crippen molar-refractivity contribution < 1.29 is 9.21 Å². The van der Waals surface area contributed by atoms with E-state index in [0.29, 0.717) is 19.1 Å². The number of aromatic nitrogens is 1. The van der Waals surface area contributed by atoms with Crippen molar-refractivity contribution in [3.05, 3.63) is 42.0 Å². The number of pyridine rings is 1. The van der Waals surface area contributed by atoms with E-state index in [2.05, 4.69) is 42.1 Å². The summed E-state index contributed by atoms with van der Waals surface area (Å²) in [7, 11) is 1.64. The minimum Gasteiger partial charge on any atom is -0.464 e. The molecule has 2 aromatic heterocycles. The molecule has 2 unspecified atom stereocenters. The fraction of sp³-hybridized carbons (Fsp3) is 0.545. The Morgan fingerprint density at radius 1 is 1.29 bits per heavy atom. The molecule has 31 heavy (non-hydrogen) atoms. The summed E-state index contributed by atoms with van der Waals surface area (Å²) in [6, 6.07) is 8.40. The fourth-order valence-electron chi connectivity index (χ4n) is 4.32. The molecule has 2 aliphatic heterocycles. The van der Waals surface area contributed by atoms with E-state index in [1.807, 2.05) is 31.3 Å². The van der Waals surface area contributed by atoms with Crippen LogP contribution in [0.3, 0.4) is 0 Å². The number of carbonyl (C=O) groups is 1. The number of nitrogens with zero attached hydrogens (tertiary/aromatic N) is 3. The van der Waals surface area contributed by atoms with Crippen LogP contribution >= 0.6 is 0 Å². The van der Waals surface area contributed by atoms with Gasteiger partial charge >= 0.3 is 6.03 Å². The number of anilines is 2. The van der Waals surface area contributed by atoms with Gasteiger partial charge in [0.05, 0.1) is 12.2 Å². The molecule has 4 rings (SSSR count). The SMILES string of the molecule is CNC(=O)NCCN1CCCC(NC2Nc3ncccc3N2Cc2ccc(C)o2)CC1. The van der Waals surface area contributed by atoms with E-state index in [1.165, 1.54) is 0 Å². The Bertz CT molecular complexity index is 871. The van der Waals surface area contributed by atoms with E-state index in [-0.39, 0.29) is 12.3 Å². The van der Waals surface area contributed by atoms with E-state index < -0.39 is 0 Å². The number of hydrogen-bond acceptors (Lipinski definition) is 7. The van der Waals surface area contributed by atoms with Gasteiger partial charge in [-0.05, 0) is 63.5 Å². The predicted molar refractivity (Wildman–Crippen MR) is 121 cm³/mol. The lowest BCUT2D eigenvalue weighted by Gasteiger charge is -2.30. The number of carbonyl (C=O) groups excluding carboxylic acids is 1. The third-order valence-corrected chi connectivity index (χ3v) is 5.96. The van der Waals surface area contributed by atoms with Crippen LogP contribution in [0.2, 0.25) is 0 Å². The first-order valence-electron chi connectivity index (χ1n) is 11.1. The number of urea groups is 1. The molecule has 2 atom stereocenters. The average Bonchev–Trinajstić information content (AvgIpc) is 3.25.